The largest absolute Gasteiger partial charge is 0.322 e. The summed E-state index contributed by atoms with van der Waals surface area (Å²) in [5.41, 5.74) is 6.65. The number of hydrogen-bond acceptors (Lipinski definition) is 3. The summed E-state index contributed by atoms with van der Waals surface area (Å²) in [4.78, 5) is 24.7. The predicted molar refractivity (Wildman–Crippen MR) is 130 cm³/mol. The van der Waals surface area contributed by atoms with Crippen LogP contribution in [0.5, 0.6) is 0 Å². The molecule has 0 aliphatic heterocycles. The fourth-order valence-electron chi connectivity index (χ4n) is 3.14. The van der Waals surface area contributed by atoms with E-state index >= 15 is 0 Å². The standard InChI is InChI=1S/C27H29N3O2/c1-27(2,3)23-15-11-21(12-16-23)25(31)29-24-17-13-22(14-18-24)26(32)30-28-19-7-10-20-8-5-4-6-9-20/h4-6,8-9,11-19H,7,10H2,1-3H3,(H,29,31)(H,30,32)/b28-19+. The Balaban J connectivity index is 1.49. The molecule has 164 valence electrons. The average molecular weight is 428 g/mol. The van der Waals surface area contributed by atoms with Gasteiger partial charge in [-0.2, -0.15) is 5.10 Å². The fraction of sp³-hybridized carbons (Fsp3) is 0.222. The van der Waals surface area contributed by atoms with Gasteiger partial charge in [0.25, 0.3) is 11.8 Å². The van der Waals surface area contributed by atoms with Crippen molar-refractivity contribution < 1.29 is 9.59 Å². The second-order valence-electron chi connectivity index (χ2n) is 8.64. The number of hydrogen-bond donors (Lipinski definition) is 2. The van der Waals surface area contributed by atoms with E-state index in [0.717, 1.165) is 12.8 Å². The van der Waals surface area contributed by atoms with Crippen LogP contribution in [-0.4, -0.2) is 18.0 Å². The van der Waals surface area contributed by atoms with Gasteiger partial charge in [0.2, 0.25) is 0 Å². The Morgan fingerprint density at radius 1 is 0.812 bits per heavy atom. The maximum atomic E-state index is 12.5. The van der Waals surface area contributed by atoms with Gasteiger partial charge in [-0.1, -0.05) is 63.2 Å². The lowest BCUT2D eigenvalue weighted by molar-refractivity contribution is 0.0954. The van der Waals surface area contributed by atoms with Crippen molar-refractivity contribution in [1.82, 2.24) is 5.43 Å². The molecular weight excluding hydrogens is 398 g/mol. The number of benzene rings is 3. The first kappa shape index (κ1) is 22.9. The van der Waals surface area contributed by atoms with Gasteiger partial charge < -0.3 is 5.32 Å². The summed E-state index contributed by atoms with van der Waals surface area (Å²) >= 11 is 0. The molecule has 3 aromatic carbocycles. The second-order valence-corrected chi connectivity index (χ2v) is 8.64. The van der Waals surface area contributed by atoms with Gasteiger partial charge in [0, 0.05) is 23.0 Å². The van der Waals surface area contributed by atoms with Crippen molar-refractivity contribution in [2.24, 2.45) is 5.10 Å². The van der Waals surface area contributed by atoms with Crippen LogP contribution in [0.3, 0.4) is 0 Å². The third-order valence-electron chi connectivity index (χ3n) is 5.08. The highest BCUT2D eigenvalue weighted by atomic mass is 16.2. The average Bonchev–Trinajstić information content (AvgIpc) is 2.79. The molecule has 32 heavy (non-hydrogen) atoms. The van der Waals surface area contributed by atoms with E-state index in [1.807, 2.05) is 42.5 Å². The Morgan fingerprint density at radius 2 is 1.41 bits per heavy atom. The van der Waals surface area contributed by atoms with Crippen LogP contribution >= 0.6 is 0 Å². The molecule has 0 aliphatic carbocycles. The zero-order valence-electron chi connectivity index (χ0n) is 18.8. The SMILES string of the molecule is CC(C)(C)c1ccc(C(=O)Nc2ccc(C(=O)N/N=C/CCc3ccccc3)cc2)cc1. The zero-order valence-corrected chi connectivity index (χ0v) is 18.8. The fourth-order valence-corrected chi connectivity index (χ4v) is 3.14. The molecule has 2 amide bonds. The number of aryl methyl sites for hydroxylation is 1. The van der Waals surface area contributed by atoms with Crippen LogP contribution in [0.4, 0.5) is 5.69 Å². The molecule has 0 fully saturated rings. The molecule has 0 aromatic heterocycles. The zero-order chi connectivity index (χ0) is 23.0. The van der Waals surface area contributed by atoms with Crippen LogP contribution in [0.1, 0.15) is 59.0 Å². The Morgan fingerprint density at radius 3 is 2.03 bits per heavy atom. The molecule has 0 heterocycles. The van der Waals surface area contributed by atoms with Crippen LogP contribution in [0.2, 0.25) is 0 Å². The highest BCUT2D eigenvalue weighted by molar-refractivity contribution is 6.04. The summed E-state index contributed by atoms with van der Waals surface area (Å²) < 4.78 is 0. The highest BCUT2D eigenvalue weighted by Crippen LogP contribution is 2.22. The minimum absolute atomic E-state index is 0.0390. The minimum atomic E-state index is -0.295. The van der Waals surface area contributed by atoms with Crippen molar-refractivity contribution in [2.75, 3.05) is 5.32 Å². The van der Waals surface area contributed by atoms with Gasteiger partial charge in [0.1, 0.15) is 0 Å². The van der Waals surface area contributed by atoms with Crippen LogP contribution in [0.15, 0.2) is 84.0 Å². The molecule has 0 atom stereocenters. The topological polar surface area (TPSA) is 70.6 Å². The number of carbonyl (C=O) groups is 2. The molecule has 5 heteroatoms. The number of nitrogens with zero attached hydrogens (tertiary/aromatic N) is 1. The summed E-state index contributed by atoms with van der Waals surface area (Å²) in [5, 5.41) is 6.86. The van der Waals surface area contributed by atoms with Crippen LogP contribution in [0, 0.1) is 0 Å². The maximum absolute atomic E-state index is 12.5. The summed E-state index contributed by atoms with van der Waals surface area (Å²) in [6.07, 6.45) is 3.31. The number of carbonyl (C=O) groups excluding carboxylic acids is 2. The van der Waals surface area contributed by atoms with Crippen molar-refractivity contribution in [3.63, 3.8) is 0 Å². The predicted octanol–water partition coefficient (Wildman–Crippen LogP) is 5.58. The van der Waals surface area contributed by atoms with Crippen LogP contribution in [0.25, 0.3) is 0 Å². The molecule has 0 aliphatic rings. The van der Waals surface area contributed by atoms with Crippen molar-refractivity contribution in [3.05, 3.63) is 101 Å². The number of amides is 2. The van der Waals surface area contributed by atoms with Crippen molar-refractivity contribution in [2.45, 2.75) is 39.0 Å². The van der Waals surface area contributed by atoms with Gasteiger partial charge in [-0.15, -0.1) is 0 Å². The Bertz CT molecular complexity index is 1060. The van der Waals surface area contributed by atoms with E-state index in [1.54, 1.807) is 30.5 Å². The van der Waals surface area contributed by atoms with Gasteiger partial charge in [0.05, 0.1) is 0 Å². The molecule has 3 aromatic rings. The summed E-state index contributed by atoms with van der Waals surface area (Å²) in [6.45, 7) is 6.40. The molecule has 0 unspecified atom stereocenters. The van der Waals surface area contributed by atoms with Crippen LogP contribution < -0.4 is 10.7 Å². The van der Waals surface area contributed by atoms with E-state index in [4.69, 9.17) is 0 Å². The molecule has 5 nitrogen and oxygen atoms in total. The number of rotatable bonds is 7. The summed E-state index contributed by atoms with van der Waals surface area (Å²) in [5.74, 6) is -0.484. The van der Waals surface area contributed by atoms with E-state index in [9.17, 15) is 9.59 Å². The van der Waals surface area contributed by atoms with E-state index in [2.05, 4.69) is 48.7 Å². The molecule has 0 bridgehead atoms. The first-order valence-corrected chi connectivity index (χ1v) is 10.7. The molecule has 0 saturated heterocycles. The smallest absolute Gasteiger partial charge is 0.271 e. The van der Waals surface area contributed by atoms with E-state index in [-0.39, 0.29) is 17.2 Å². The lowest BCUT2D eigenvalue weighted by Crippen LogP contribution is -2.18. The van der Waals surface area contributed by atoms with E-state index < -0.39 is 0 Å². The lowest BCUT2D eigenvalue weighted by Gasteiger charge is -2.19. The molecule has 0 saturated carbocycles. The monoisotopic (exact) mass is 427 g/mol. The Hall–Kier alpha value is -3.73. The third kappa shape index (κ3) is 6.64. The van der Waals surface area contributed by atoms with Crippen molar-refractivity contribution in [1.29, 1.82) is 0 Å². The molecular formula is C27H29N3O2. The number of nitrogens with one attached hydrogen (secondary N) is 2. The van der Waals surface area contributed by atoms with Crippen molar-refractivity contribution >= 4 is 23.7 Å². The number of hydrazone groups is 1. The quantitative estimate of drug-likeness (QED) is 0.381. The van der Waals surface area contributed by atoms with Gasteiger partial charge >= 0.3 is 0 Å². The molecule has 0 radical (unpaired) electrons. The Labute approximate surface area is 189 Å². The highest BCUT2D eigenvalue weighted by Gasteiger charge is 2.14. The minimum Gasteiger partial charge on any atom is -0.322 e. The molecule has 3 rings (SSSR count). The van der Waals surface area contributed by atoms with E-state index in [1.165, 1.54) is 11.1 Å². The second kappa shape index (κ2) is 10.5. The third-order valence-corrected chi connectivity index (χ3v) is 5.08. The maximum Gasteiger partial charge on any atom is 0.271 e. The normalized spacial score (nSPS) is 11.3. The molecule has 0 spiro atoms. The Kier molecular flexibility index (Phi) is 7.55. The summed E-state index contributed by atoms with van der Waals surface area (Å²) in [6, 6.07) is 24.4. The van der Waals surface area contributed by atoms with Gasteiger partial charge in [0.15, 0.2) is 0 Å². The van der Waals surface area contributed by atoms with Gasteiger partial charge in [-0.3, -0.25) is 9.59 Å². The first-order valence-electron chi connectivity index (χ1n) is 10.7. The van der Waals surface area contributed by atoms with Crippen molar-refractivity contribution in [3.8, 4) is 0 Å². The van der Waals surface area contributed by atoms with Gasteiger partial charge in [-0.25, -0.2) is 5.43 Å². The number of anilines is 1. The first-order chi connectivity index (χ1) is 15.3. The van der Waals surface area contributed by atoms with Crippen LogP contribution in [-0.2, 0) is 11.8 Å². The summed E-state index contributed by atoms with van der Waals surface area (Å²) in [7, 11) is 0. The lowest BCUT2D eigenvalue weighted by atomic mass is 9.87. The molecule has 2 N–H and O–H groups in total. The van der Waals surface area contributed by atoms with Gasteiger partial charge in [-0.05, 0) is 65.8 Å². The van der Waals surface area contributed by atoms with E-state index in [0.29, 0.717) is 16.8 Å².